The summed E-state index contributed by atoms with van der Waals surface area (Å²) in [5, 5.41) is 0. The summed E-state index contributed by atoms with van der Waals surface area (Å²) in [6.07, 6.45) is 1.79. The molecule has 116 valence electrons. The Balaban J connectivity index is 1.50. The highest BCUT2D eigenvalue weighted by molar-refractivity contribution is 7.00. The first kappa shape index (κ1) is 14.1. The minimum absolute atomic E-state index is 0.0315. The highest BCUT2D eigenvalue weighted by Gasteiger charge is 2.24. The van der Waals surface area contributed by atoms with Gasteiger partial charge in [0, 0.05) is 32.4 Å². The molecule has 4 rings (SSSR count). The monoisotopic (exact) mass is 325 g/mol. The van der Waals surface area contributed by atoms with E-state index in [2.05, 4.69) is 18.6 Å². The Hall–Kier alpha value is -2.54. The molecule has 7 heteroatoms. The van der Waals surface area contributed by atoms with Crippen LogP contribution in [0.25, 0.3) is 11.0 Å². The third kappa shape index (κ3) is 2.63. The molecule has 2 aromatic heterocycles. The molecule has 3 heterocycles. The fourth-order valence-corrected chi connectivity index (χ4v) is 3.38. The summed E-state index contributed by atoms with van der Waals surface area (Å²) < 4.78 is 8.46. The molecular weight excluding hydrogens is 310 g/mol. The van der Waals surface area contributed by atoms with Gasteiger partial charge in [-0.25, -0.2) is 4.98 Å². The van der Waals surface area contributed by atoms with Crippen molar-refractivity contribution in [1.82, 2.24) is 18.6 Å². The number of pyridine rings is 1. The minimum atomic E-state index is 0.0315. The molecule has 6 nitrogen and oxygen atoms in total. The number of aromatic nitrogens is 3. The molecule has 0 atom stereocenters. The summed E-state index contributed by atoms with van der Waals surface area (Å²) in [5.74, 6) is 0.995. The van der Waals surface area contributed by atoms with E-state index in [1.807, 2.05) is 41.3 Å². The van der Waals surface area contributed by atoms with Crippen LogP contribution in [0.15, 0.2) is 42.6 Å². The van der Waals surface area contributed by atoms with Crippen LogP contribution in [-0.4, -0.2) is 50.7 Å². The Kier molecular flexibility index (Phi) is 3.63. The predicted octanol–water partition coefficient (Wildman–Crippen LogP) is 2.05. The molecule has 0 bridgehead atoms. The maximum Gasteiger partial charge on any atom is 0.256 e. The van der Waals surface area contributed by atoms with Crippen LogP contribution < -0.4 is 4.90 Å². The first-order chi connectivity index (χ1) is 11.3. The molecule has 3 aromatic rings. The molecule has 0 saturated carbocycles. The van der Waals surface area contributed by atoms with Gasteiger partial charge >= 0.3 is 0 Å². The van der Waals surface area contributed by atoms with Crippen LogP contribution in [0.1, 0.15) is 10.4 Å². The lowest BCUT2D eigenvalue weighted by atomic mass is 10.1. The lowest BCUT2D eigenvalue weighted by Crippen LogP contribution is -2.49. The Bertz CT molecular complexity index is 827. The fourth-order valence-electron chi connectivity index (χ4n) is 2.83. The Morgan fingerprint density at radius 1 is 1.00 bits per heavy atom. The van der Waals surface area contributed by atoms with Crippen LogP contribution in [0.5, 0.6) is 0 Å². The molecule has 1 amide bonds. The van der Waals surface area contributed by atoms with Crippen molar-refractivity contribution in [2.75, 3.05) is 31.1 Å². The van der Waals surface area contributed by atoms with Crippen LogP contribution in [-0.2, 0) is 0 Å². The number of hydrogen-bond donors (Lipinski definition) is 0. The van der Waals surface area contributed by atoms with Gasteiger partial charge in [0.2, 0.25) is 0 Å². The average Bonchev–Trinajstić information content (AvgIpc) is 3.11. The number of anilines is 1. The van der Waals surface area contributed by atoms with Gasteiger partial charge < -0.3 is 9.80 Å². The molecule has 23 heavy (non-hydrogen) atoms. The Morgan fingerprint density at radius 3 is 2.65 bits per heavy atom. The lowest BCUT2D eigenvalue weighted by molar-refractivity contribution is 0.0748. The van der Waals surface area contributed by atoms with Crippen molar-refractivity contribution in [2.45, 2.75) is 0 Å². The summed E-state index contributed by atoms with van der Waals surface area (Å²) in [7, 11) is 0. The van der Waals surface area contributed by atoms with Gasteiger partial charge in [-0.3, -0.25) is 4.79 Å². The van der Waals surface area contributed by atoms with Crippen LogP contribution in [0.3, 0.4) is 0 Å². The molecule has 0 spiro atoms. The van der Waals surface area contributed by atoms with E-state index in [1.54, 1.807) is 6.20 Å². The van der Waals surface area contributed by atoms with Gasteiger partial charge in [0.05, 0.1) is 17.3 Å². The van der Waals surface area contributed by atoms with Crippen LogP contribution in [0, 0.1) is 0 Å². The van der Waals surface area contributed by atoms with Gasteiger partial charge in [-0.05, 0) is 24.3 Å². The van der Waals surface area contributed by atoms with Gasteiger partial charge in [-0.15, -0.1) is 0 Å². The molecule has 0 radical (unpaired) electrons. The van der Waals surface area contributed by atoms with Crippen molar-refractivity contribution >= 4 is 34.5 Å². The summed E-state index contributed by atoms with van der Waals surface area (Å²) in [6, 6.07) is 11.5. The van der Waals surface area contributed by atoms with E-state index >= 15 is 0 Å². The Morgan fingerprint density at radius 2 is 1.87 bits per heavy atom. The van der Waals surface area contributed by atoms with Gasteiger partial charge in [0.15, 0.2) is 0 Å². The number of piperazine rings is 1. The maximum atomic E-state index is 12.8. The number of hydrogen-bond acceptors (Lipinski definition) is 6. The zero-order chi connectivity index (χ0) is 15.6. The third-order valence-electron chi connectivity index (χ3n) is 4.06. The largest absolute Gasteiger partial charge is 0.353 e. The van der Waals surface area contributed by atoms with Gasteiger partial charge in [-0.1, -0.05) is 12.1 Å². The summed E-state index contributed by atoms with van der Waals surface area (Å²) >= 11 is 1.14. The van der Waals surface area contributed by atoms with Gasteiger partial charge in [0.1, 0.15) is 16.9 Å². The smallest absolute Gasteiger partial charge is 0.256 e. The minimum Gasteiger partial charge on any atom is -0.353 e. The van der Waals surface area contributed by atoms with Crippen molar-refractivity contribution in [1.29, 1.82) is 0 Å². The SMILES string of the molecule is O=C(c1cccc2nsnc12)N1CCN(c2ccccn2)CC1. The lowest BCUT2D eigenvalue weighted by Gasteiger charge is -2.35. The second kappa shape index (κ2) is 5.92. The summed E-state index contributed by atoms with van der Waals surface area (Å²) in [5.41, 5.74) is 2.13. The highest BCUT2D eigenvalue weighted by Crippen LogP contribution is 2.20. The van der Waals surface area contributed by atoms with Crippen LogP contribution in [0.4, 0.5) is 5.82 Å². The van der Waals surface area contributed by atoms with Crippen LogP contribution >= 0.6 is 11.7 Å². The molecule has 1 aliphatic rings. The first-order valence-electron chi connectivity index (χ1n) is 7.49. The van der Waals surface area contributed by atoms with E-state index in [4.69, 9.17) is 0 Å². The molecule has 1 aromatic carbocycles. The number of rotatable bonds is 2. The number of carbonyl (C=O) groups excluding carboxylic acids is 1. The Labute approximate surface area is 137 Å². The fraction of sp³-hybridized carbons (Fsp3) is 0.250. The molecule has 1 aliphatic heterocycles. The van der Waals surface area contributed by atoms with E-state index in [0.29, 0.717) is 24.2 Å². The van der Waals surface area contributed by atoms with E-state index in [-0.39, 0.29) is 5.91 Å². The second-order valence-corrected chi connectivity index (χ2v) is 5.93. The zero-order valence-corrected chi connectivity index (χ0v) is 13.2. The number of carbonyl (C=O) groups is 1. The second-order valence-electron chi connectivity index (χ2n) is 5.40. The standard InChI is InChI=1S/C16H15N5OS/c22-16(12-4-3-5-13-15(12)19-23-18-13)21-10-8-20(9-11-21)14-6-1-2-7-17-14/h1-7H,8-11H2. The van der Waals surface area contributed by atoms with Crippen molar-refractivity contribution in [3.8, 4) is 0 Å². The van der Waals surface area contributed by atoms with E-state index in [1.165, 1.54) is 0 Å². The number of benzene rings is 1. The van der Waals surface area contributed by atoms with Gasteiger partial charge in [0.25, 0.3) is 5.91 Å². The molecule has 0 N–H and O–H groups in total. The highest BCUT2D eigenvalue weighted by atomic mass is 32.1. The van der Waals surface area contributed by atoms with Crippen molar-refractivity contribution in [2.24, 2.45) is 0 Å². The van der Waals surface area contributed by atoms with E-state index in [0.717, 1.165) is 36.2 Å². The van der Waals surface area contributed by atoms with Gasteiger partial charge in [-0.2, -0.15) is 8.75 Å². The molecule has 1 fully saturated rings. The average molecular weight is 325 g/mol. The predicted molar refractivity (Wildman–Crippen MR) is 89.8 cm³/mol. The summed E-state index contributed by atoms with van der Waals surface area (Å²) in [6.45, 7) is 2.94. The summed E-state index contributed by atoms with van der Waals surface area (Å²) in [4.78, 5) is 21.2. The number of fused-ring (bicyclic) bond motifs is 1. The third-order valence-corrected chi connectivity index (χ3v) is 4.60. The maximum absolute atomic E-state index is 12.8. The van der Waals surface area contributed by atoms with E-state index < -0.39 is 0 Å². The van der Waals surface area contributed by atoms with Crippen molar-refractivity contribution in [3.63, 3.8) is 0 Å². The van der Waals surface area contributed by atoms with Crippen molar-refractivity contribution < 1.29 is 4.79 Å². The number of amides is 1. The quantitative estimate of drug-likeness (QED) is 0.721. The first-order valence-corrected chi connectivity index (χ1v) is 8.22. The van der Waals surface area contributed by atoms with E-state index in [9.17, 15) is 4.79 Å². The molecule has 1 saturated heterocycles. The molecule has 0 aliphatic carbocycles. The molecule has 0 unspecified atom stereocenters. The molecular formula is C16H15N5OS. The normalized spacial score (nSPS) is 15.1. The van der Waals surface area contributed by atoms with Crippen LogP contribution in [0.2, 0.25) is 0 Å². The van der Waals surface area contributed by atoms with Crippen molar-refractivity contribution in [3.05, 3.63) is 48.2 Å². The number of nitrogens with zero attached hydrogens (tertiary/aromatic N) is 5. The topological polar surface area (TPSA) is 62.2 Å². The zero-order valence-electron chi connectivity index (χ0n) is 12.4.